The van der Waals surface area contributed by atoms with Crippen LogP contribution in [0.5, 0.6) is 0 Å². The van der Waals surface area contributed by atoms with Gasteiger partial charge in [0.15, 0.2) is 0 Å². The van der Waals surface area contributed by atoms with Crippen LogP contribution in [0.1, 0.15) is 61.8 Å². The van der Waals surface area contributed by atoms with Gasteiger partial charge < -0.3 is 4.90 Å². The van der Waals surface area contributed by atoms with E-state index in [0.717, 1.165) is 11.8 Å². The molecule has 4 fully saturated rings. The Bertz CT molecular complexity index is 2750. The van der Waals surface area contributed by atoms with Crippen molar-refractivity contribution in [3.63, 3.8) is 0 Å². The summed E-state index contributed by atoms with van der Waals surface area (Å²) in [6, 6.07) is 44.7. The van der Waals surface area contributed by atoms with Gasteiger partial charge in [0.2, 0.25) is 0 Å². The molecule has 0 saturated heterocycles. The predicted octanol–water partition coefficient (Wildman–Crippen LogP) is 13.3. The van der Waals surface area contributed by atoms with E-state index in [2.05, 4.69) is 128 Å². The second kappa shape index (κ2) is 9.25. The molecule has 1 aromatic heterocycles. The standard InChI is InChI=1S/C49H38FNS/c1-47(2)36-12-5-3-9-31(36)34-11-7-14-40(46(34)47)51(39-13-8-16-42-45(39)35-10-4-6-15-41(35)52-42)30-18-20-33-32-19-17-29(50)24-37(32)49(38(33)25-30)43-22-27-21-28-23-44(49)48(28,43)26-27/h3-20,24-25,27-28,43-44H,21-23,26H2,1-2H3. The molecule has 0 radical (unpaired) electrons. The molecule has 6 aliphatic rings. The normalized spacial score (nSPS) is 28.7. The van der Waals surface area contributed by atoms with Gasteiger partial charge in [-0.2, -0.15) is 0 Å². The summed E-state index contributed by atoms with van der Waals surface area (Å²) in [5, 5.41) is 2.62. The van der Waals surface area contributed by atoms with Crippen LogP contribution in [0.2, 0.25) is 0 Å². The number of anilines is 3. The highest BCUT2D eigenvalue weighted by atomic mass is 32.1. The van der Waals surface area contributed by atoms with E-state index >= 15 is 4.39 Å². The van der Waals surface area contributed by atoms with Crippen LogP contribution in [0, 0.1) is 34.9 Å². The summed E-state index contributed by atoms with van der Waals surface area (Å²) in [7, 11) is 0. The van der Waals surface area contributed by atoms with Crippen LogP contribution in [0.4, 0.5) is 21.5 Å². The van der Waals surface area contributed by atoms with E-state index in [-0.39, 0.29) is 16.6 Å². The first-order chi connectivity index (χ1) is 25.4. The fraction of sp³-hybridized carbons (Fsp3) is 0.265. The average Bonchev–Trinajstić information content (AvgIpc) is 3.92. The van der Waals surface area contributed by atoms with Gasteiger partial charge in [-0.1, -0.05) is 86.6 Å². The zero-order valence-electron chi connectivity index (χ0n) is 29.4. The zero-order chi connectivity index (χ0) is 34.3. The molecule has 3 heteroatoms. The molecule has 252 valence electrons. The molecule has 0 amide bonds. The van der Waals surface area contributed by atoms with Crippen molar-refractivity contribution in [2.24, 2.45) is 29.1 Å². The van der Waals surface area contributed by atoms with E-state index in [9.17, 15) is 0 Å². The fourth-order valence-electron chi connectivity index (χ4n) is 13.8. The third kappa shape index (κ3) is 3.06. The summed E-state index contributed by atoms with van der Waals surface area (Å²) in [5.74, 6) is 2.87. The first-order valence-electron chi connectivity index (χ1n) is 19.3. The molecule has 2 spiro atoms. The number of benzene rings is 6. The van der Waals surface area contributed by atoms with Crippen molar-refractivity contribution >= 4 is 48.6 Å². The lowest BCUT2D eigenvalue weighted by Crippen LogP contribution is -2.73. The van der Waals surface area contributed by atoms with Crippen molar-refractivity contribution in [3.05, 3.63) is 149 Å². The van der Waals surface area contributed by atoms with Crippen LogP contribution in [0.15, 0.2) is 121 Å². The zero-order valence-corrected chi connectivity index (χ0v) is 30.2. The molecule has 4 saturated carbocycles. The summed E-state index contributed by atoms with van der Waals surface area (Å²) in [5.41, 5.74) is 14.6. The van der Waals surface area contributed by atoms with Crippen LogP contribution in [0.3, 0.4) is 0 Å². The van der Waals surface area contributed by atoms with Crippen LogP contribution in [-0.4, -0.2) is 0 Å². The van der Waals surface area contributed by atoms with Gasteiger partial charge in [0.25, 0.3) is 0 Å². The monoisotopic (exact) mass is 691 g/mol. The first kappa shape index (κ1) is 28.8. The number of fused-ring (bicyclic) bond motifs is 14. The quantitative estimate of drug-likeness (QED) is 0.178. The largest absolute Gasteiger partial charge is 0.309 e. The second-order valence-electron chi connectivity index (χ2n) is 17.4. The topological polar surface area (TPSA) is 3.24 Å². The Kier molecular flexibility index (Phi) is 5.12. The molecule has 1 nitrogen and oxygen atoms in total. The molecule has 6 aliphatic carbocycles. The van der Waals surface area contributed by atoms with Gasteiger partial charge in [0, 0.05) is 36.7 Å². The Morgan fingerprint density at radius 2 is 1.35 bits per heavy atom. The highest BCUT2D eigenvalue weighted by Crippen LogP contribution is 2.89. The highest BCUT2D eigenvalue weighted by Gasteiger charge is 2.84. The third-order valence-corrected chi connectivity index (χ3v) is 16.5. The van der Waals surface area contributed by atoms with Crippen molar-refractivity contribution in [1.29, 1.82) is 0 Å². The maximum Gasteiger partial charge on any atom is 0.123 e. The van der Waals surface area contributed by atoms with Gasteiger partial charge in [0.05, 0.1) is 11.4 Å². The van der Waals surface area contributed by atoms with Crippen LogP contribution in [0.25, 0.3) is 42.4 Å². The van der Waals surface area contributed by atoms with Crippen molar-refractivity contribution < 1.29 is 4.39 Å². The molecule has 6 atom stereocenters. The molecule has 52 heavy (non-hydrogen) atoms. The van der Waals surface area contributed by atoms with E-state index < -0.39 is 0 Å². The minimum Gasteiger partial charge on any atom is -0.309 e. The van der Waals surface area contributed by atoms with E-state index in [1.807, 2.05) is 17.4 Å². The highest BCUT2D eigenvalue weighted by molar-refractivity contribution is 7.26. The minimum atomic E-state index is -0.179. The number of nitrogens with zero attached hydrogens (tertiary/aromatic N) is 1. The minimum absolute atomic E-state index is 0.0880. The Hall–Kier alpha value is -4.73. The molecule has 6 unspecified atom stereocenters. The summed E-state index contributed by atoms with van der Waals surface area (Å²) >= 11 is 1.88. The lowest BCUT2D eigenvalue weighted by molar-refractivity contribution is -0.231. The molecule has 2 bridgehead atoms. The summed E-state index contributed by atoms with van der Waals surface area (Å²) in [4.78, 5) is 2.60. The van der Waals surface area contributed by atoms with Crippen molar-refractivity contribution in [2.75, 3.05) is 4.90 Å². The van der Waals surface area contributed by atoms with Crippen LogP contribution in [-0.2, 0) is 10.8 Å². The number of hydrogen-bond donors (Lipinski definition) is 0. The van der Waals surface area contributed by atoms with Crippen LogP contribution >= 0.6 is 11.3 Å². The van der Waals surface area contributed by atoms with E-state index in [1.165, 1.54) is 107 Å². The lowest BCUT2D eigenvalue weighted by atomic mass is 9.27. The summed E-state index contributed by atoms with van der Waals surface area (Å²) < 4.78 is 18.0. The number of rotatable bonds is 3. The van der Waals surface area contributed by atoms with E-state index in [0.29, 0.717) is 17.3 Å². The fourth-order valence-corrected chi connectivity index (χ4v) is 14.9. The average molecular weight is 692 g/mol. The Morgan fingerprint density at radius 1 is 0.635 bits per heavy atom. The molecule has 1 heterocycles. The molecule has 13 rings (SSSR count). The number of thiophene rings is 1. The predicted molar refractivity (Wildman–Crippen MR) is 213 cm³/mol. The molecule has 0 aliphatic heterocycles. The van der Waals surface area contributed by atoms with Gasteiger partial charge >= 0.3 is 0 Å². The third-order valence-electron chi connectivity index (χ3n) is 15.4. The second-order valence-corrected chi connectivity index (χ2v) is 18.5. The van der Waals surface area contributed by atoms with E-state index in [4.69, 9.17) is 0 Å². The summed E-state index contributed by atoms with van der Waals surface area (Å²) in [6.45, 7) is 4.80. The van der Waals surface area contributed by atoms with Crippen LogP contribution < -0.4 is 4.90 Å². The van der Waals surface area contributed by atoms with Gasteiger partial charge in [-0.05, 0) is 148 Å². The maximum atomic E-state index is 15.4. The molecular formula is C49H38FNS. The molecule has 6 aromatic carbocycles. The Balaban J connectivity index is 1.10. The lowest BCUT2D eigenvalue weighted by Gasteiger charge is -2.76. The van der Waals surface area contributed by atoms with E-state index in [1.54, 1.807) is 6.07 Å². The smallest absolute Gasteiger partial charge is 0.123 e. The SMILES string of the molecule is CC1(C)c2ccccc2-c2cccc(N(c3ccc4c(c3)C3(c5cc(F)ccc5-4)C4CC5CC6CC3C64C5)c3cccc4sc5ccccc5c34)c21. The Morgan fingerprint density at radius 3 is 2.25 bits per heavy atom. The van der Waals surface area contributed by atoms with Gasteiger partial charge in [-0.3, -0.25) is 0 Å². The van der Waals surface area contributed by atoms with Gasteiger partial charge in [0.1, 0.15) is 5.82 Å². The van der Waals surface area contributed by atoms with Crippen molar-refractivity contribution in [3.8, 4) is 22.3 Å². The van der Waals surface area contributed by atoms with Crippen molar-refractivity contribution in [2.45, 2.75) is 50.4 Å². The Labute approximate surface area is 307 Å². The van der Waals surface area contributed by atoms with Gasteiger partial charge in [-0.15, -0.1) is 11.3 Å². The first-order valence-corrected chi connectivity index (χ1v) is 20.1. The molecule has 0 N–H and O–H groups in total. The number of hydrogen-bond acceptors (Lipinski definition) is 2. The maximum absolute atomic E-state index is 15.4. The van der Waals surface area contributed by atoms with Crippen molar-refractivity contribution in [1.82, 2.24) is 0 Å². The number of halogens is 1. The van der Waals surface area contributed by atoms with Gasteiger partial charge in [-0.25, -0.2) is 4.39 Å². The summed E-state index contributed by atoms with van der Waals surface area (Å²) in [6.07, 6.45) is 5.43. The molecular weight excluding hydrogens is 654 g/mol. The molecule has 7 aromatic rings.